The number of hydrogen-bond donors (Lipinski definition) is 3. The quantitative estimate of drug-likeness (QED) is 0.240. The molecule has 9 nitrogen and oxygen atoms in total. The van der Waals surface area contributed by atoms with E-state index < -0.39 is 35.0 Å². The van der Waals surface area contributed by atoms with Gasteiger partial charge in [-0.25, -0.2) is 9.59 Å². The van der Waals surface area contributed by atoms with Gasteiger partial charge >= 0.3 is 12.1 Å². The van der Waals surface area contributed by atoms with Gasteiger partial charge in [-0.3, -0.25) is 0 Å². The van der Waals surface area contributed by atoms with Crippen molar-refractivity contribution in [2.24, 2.45) is 40.4 Å². The number of methoxy groups -OCH3 is 2. The zero-order chi connectivity index (χ0) is 30.5. The van der Waals surface area contributed by atoms with Gasteiger partial charge in [0.25, 0.3) is 0 Å². The van der Waals surface area contributed by atoms with Crippen LogP contribution in [0.2, 0.25) is 0 Å². The summed E-state index contributed by atoms with van der Waals surface area (Å²) in [7, 11) is 4.80. The molecule has 4 aliphatic carbocycles. The molecule has 0 spiro atoms. The van der Waals surface area contributed by atoms with E-state index in [9.17, 15) is 19.8 Å². The highest BCUT2D eigenvalue weighted by Crippen LogP contribution is 2.69. The predicted octanol–water partition coefficient (Wildman–Crippen LogP) is 4.67. The lowest BCUT2D eigenvalue weighted by molar-refractivity contribution is -0.340. The first kappa shape index (κ1) is 31.0. The Balaban J connectivity index is 1.49. The third kappa shape index (κ3) is 4.68. The summed E-state index contributed by atoms with van der Waals surface area (Å²) in [6, 6.07) is 8.59. The molecular formula is C33H47NO8. The van der Waals surface area contributed by atoms with E-state index in [1.807, 2.05) is 6.92 Å². The lowest BCUT2D eigenvalue weighted by Gasteiger charge is -2.65. The molecule has 0 aromatic heterocycles. The molecule has 10 atom stereocenters. The number of amides is 1. The van der Waals surface area contributed by atoms with Crippen LogP contribution in [0.1, 0.15) is 69.7 Å². The van der Waals surface area contributed by atoms with E-state index in [1.54, 1.807) is 50.6 Å². The van der Waals surface area contributed by atoms with Gasteiger partial charge in [-0.2, -0.15) is 0 Å². The van der Waals surface area contributed by atoms with Crippen LogP contribution < -0.4 is 5.32 Å². The minimum atomic E-state index is -2.09. The largest absolute Gasteiger partial charge is 0.458 e. The number of fused-ring (bicyclic) bond motifs is 5. The Morgan fingerprint density at radius 2 is 1.69 bits per heavy atom. The van der Waals surface area contributed by atoms with Crippen LogP contribution >= 0.6 is 0 Å². The molecule has 3 saturated carbocycles. The highest BCUT2D eigenvalue weighted by atomic mass is 16.7. The molecule has 0 bridgehead atoms. The van der Waals surface area contributed by atoms with Gasteiger partial charge in [0.05, 0.1) is 23.0 Å². The lowest BCUT2D eigenvalue weighted by Crippen LogP contribution is -2.73. The molecular weight excluding hydrogens is 538 g/mol. The first-order valence-electron chi connectivity index (χ1n) is 15.2. The summed E-state index contributed by atoms with van der Waals surface area (Å²) in [4.78, 5) is 25.6. The van der Waals surface area contributed by atoms with Gasteiger partial charge in [0.15, 0.2) is 6.29 Å². The van der Waals surface area contributed by atoms with Crippen LogP contribution in [0.3, 0.4) is 0 Å². The number of nitrogens with one attached hydrogen (secondary N) is 1. The number of allylic oxidation sites excluding steroid dienone is 1. The number of rotatable bonds is 7. The van der Waals surface area contributed by atoms with E-state index in [0.717, 1.165) is 25.7 Å². The third-order valence-corrected chi connectivity index (χ3v) is 11.8. The molecule has 0 heterocycles. The molecule has 3 N–H and O–H groups in total. The standard InChI is InChI=1S/C33H47NO8/c1-20(28(39-5)40-6)24-12-13-25-23-14-17-32(37)18-22(41-27(35)21-10-8-7-9-11-21)19-33(38,42-29(36)34-4)31(32,3)26(23)15-16-30(24,25)2/h7-11,14,17,20,22-26,28,37-38H,12-13,15-16,18-19H2,1-6H3,(H,34,36)/t20?,22-,23+,24-,25+,26+,30-,31-,32-,33-/m1/s1. The average Bonchev–Trinajstić information content (AvgIpc) is 3.32. The van der Waals surface area contributed by atoms with E-state index in [1.165, 1.54) is 7.05 Å². The van der Waals surface area contributed by atoms with E-state index in [-0.39, 0.29) is 42.3 Å². The van der Waals surface area contributed by atoms with Crippen LogP contribution in [0.15, 0.2) is 42.5 Å². The maximum Gasteiger partial charge on any atom is 0.409 e. The molecule has 3 fully saturated rings. The molecule has 232 valence electrons. The van der Waals surface area contributed by atoms with Crippen molar-refractivity contribution in [3.63, 3.8) is 0 Å². The molecule has 1 amide bonds. The van der Waals surface area contributed by atoms with Gasteiger partial charge in [-0.1, -0.05) is 44.2 Å². The number of aliphatic hydroxyl groups is 2. The Morgan fingerprint density at radius 1 is 1.00 bits per heavy atom. The van der Waals surface area contributed by atoms with Crippen molar-refractivity contribution in [2.45, 2.75) is 83.1 Å². The van der Waals surface area contributed by atoms with Gasteiger partial charge in [-0.15, -0.1) is 0 Å². The second-order valence-corrected chi connectivity index (χ2v) is 13.4. The molecule has 0 saturated heterocycles. The molecule has 1 aromatic rings. The number of alkyl carbamates (subject to hydrolysis) is 1. The highest BCUT2D eigenvalue weighted by Gasteiger charge is 2.73. The van der Waals surface area contributed by atoms with Gasteiger partial charge in [-0.05, 0) is 73.8 Å². The minimum Gasteiger partial charge on any atom is -0.458 e. The van der Waals surface area contributed by atoms with Gasteiger partial charge in [0.1, 0.15) is 6.10 Å². The maximum atomic E-state index is 13.0. The minimum absolute atomic E-state index is 0.0221. The Labute approximate surface area is 248 Å². The fourth-order valence-electron chi connectivity index (χ4n) is 9.60. The van der Waals surface area contributed by atoms with Crippen LogP contribution in [0.25, 0.3) is 0 Å². The number of hydrogen-bond acceptors (Lipinski definition) is 8. The van der Waals surface area contributed by atoms with Crippen LogP contribution in [-0.4, -0.2) is 67.3 Å². The molecule has 9 heteroatoms. The first-order chi connectivity index (χ1) is 19.9. The Morgan fingerprint density at radius 3 is 2.33 bits per heavy atom. The topological polar surface area (TPSA) is 124 Å². The summed E-state index contributed by atoms with van der Waals surface area (Å²) in [6.45, 7) is 6.41. The molecule has 5 rings (SSSR count). The second-order valence-electron chi connectivity index (χ2n) is 13.4. The Hall–Kier alpha value is -2.46. The average molecular weight is 586 g/mol. The van der Waals surface area contributed by atoms with E-state index in [2.05, 4.69) is 25.2 Å². The molecule has 0 aliphatic heterocycles. The summed E-state index contributed by atoms with van der Waals surface area (Å²) >= 11 is 0. The van der Waals surface area contributed by atoms with Gasteiger partial charge in [0, 0.05) is 33.6 Å². The van der Waals surface area contributed by atoms with Crippen molar-refractivity contribution in [2.75, 3.05) is 21.3 Å². The zero-order valence-electron chi connectivity index (χ0n) is 25.7. The van der Waals surface area contributed by atoms with Crippen LogP contribution in [-0.2, 0) is 18.9 Å². The number of carbonyl (C=O) groups excluding carboxylic acids is 2. The van der Waals surface area contributed by atoms with E-state index >= 15 is 0 Å². The normalized spacial score (nSPS) is 41.3. The van der Waals surface area contributed by atoms with Crippen molar-refractivity contribution < 1.29 is 38.7 Å². The highest BCUT2D eigenvalue weighted by molar-refractivity contribution is 5.89. The summed E-state index contributed by atoms with van der Waals surface area (Å²) in [6.07, 6.45) is 5.58. The predicted molar refractivity (Wildman–Crippen MR) is 155 cm³/mol. The Bertz CT molecular complexity index is 1190. The monoisotopic (exact) mass is 585 g/mol. The summed E-state index contributed by atoms with van der Waals surface area (Å²) in [5.74, 6) is -1.84. The van der Waals surface area contributed by atoms with E-state index in [4.69, 9.17) is 18.9 Å². The smallest absolute Gasteiger partial charge is 0.409 e. The van der Waals surface area contributed by atoms with Crippen molar-refractivity contribution >= 4 is 12.1 Å². The fraction of sp³-hybridized carbons (Fsp3) is 0.697. The molecule has 0 radical (unpaired) electrons. The number of carbonyl (C=O) groups is 2. The van der Waals surface area contributed by atoms with Crippen LogP contribution in [0, 0.1) is 40.4 Å². The molecule has 1 unspecified atom stereocenters. The number of benzene rings is 1. The third-order valence-electron chi connectivity index (χ3n) is 11.8. The van der Waals surface area contributed by atoms with Crippen molar-refractivity contribution in [3.05, 3.63) is 48.0 Å². The van der Waals surface area contributed by atoms with Crippen LogP contribution in [0.5, 0.6) is 0 Å². The van der Waals surface area contributed by atoms with Crippen molar-refractivity contribution in [1.82, 2.24) is 5.32 Å². The maximum absolute atomic E-state index is 13.0. The molecule has 1 aromatic carbocycles. The summed E-state index contributed by atoms with van der Waals surface area (Å²) in [5.41, 5.74) is -2.43. The number of ether oxygens (including phenoxy) is 4. The second kappa shape index (κ2) is 11.2. The SMILES string of the molecule is CNC(=O)O[C@]1(O)C[C@H](OC(=O)c2ccccc2)C[C@]2(O)C=C[C@H]3[C@@H]4CC[C@H](C(C)C(OC)OC)[C@@]4(C)CC[C@@H]3[C@]21C. The molecule has 4 aliphatic rings. The first-order valence-corrected chi connectivity index (χ1v) is 15.2. The van der Waals surface area contributed by atoms with E-state index in [0.29, 0.717) is 17.4 Å². The fourth-order valence-corrected chi connectivity index (χ4v) is 9.60. The van der Waals surface area contributed by atoms with Gasteiger partial charge in [0.2, 0.25) is 5.79 Å². The number of esters is 1. The summed E-state index contributed by atoms with van der Waals surface area (Å²) < 4.78 is 22.9. The Kier molecular flexibility index (Phi) is 8.28. The van der Waals surface area contributed by atoms with Crippen LogP contribution in [0.4, 0.5) is 4.79 Å². The van der Waals surface area contributed by atoms with Crippen molar-refractivity contribution in [3.8, 4) is 0 Å². The lowest BCUT2D eigenvalue weighted by atomic mass is 9.43. The molecule has 42 heavy (non-hydrogen) atoms. The van der Waals surface area contributed by atoms with Crippen molar-refractivity contribution in [1.29, 1.82) is 0 Å². The van der Waals surface area contributed by atoms with Gasteiger partial charge < -0.3 is 34.5 Å². The zero-order valence-corrected chi connectivity index (χ0v) is 25.7. The summed E-state index contributed by atoms with van der Waals surface area (Å²) in [5, 5.41) is 27.2.